The molecule has 0 N–H and O–H groups in total. The zero-order valence-corrected chi connectivity index (χ0v) is 18.1. The van der Waals surface area contributed by atoms with Crippen LogP contribution in [0.5, 0.6) is 0 Å². The van der Waals surface area contributed by atoms with Gasteiger partial charge in [0, 0.05) is 31.4 Å². The molecule has 5 rings (SSSR count). The first-order chi connectivity index (χ1) is 15.1. The van der Waals surface area contributed by atoms with Crippen LogP contribution in [0, 0.1) is 11.2 Å². The SMILES string of the molecule is O=C(N1CCC2(CC1)CO[C@H](Cc1ccccn1)C2)C1(c2cccc(F)c2)CCCC1. The largest absolute Gasteiger partial charge is 0.377 e. The standard InChI is InChI=1S/C26H31FN2O2/c27-21-7-5-6-20(16-21)26(9-2-3-10-26)24(30)29-14-11-25(12-15-29)18-23(31-19-25)17-22-8-1-4-13-28-22/h1,4-8,13,16,23H,2-3,9-12,14-15,17-19H2/t23-/m1/s1. The van der Waals surface area contributed by atoms with E-state index in [-0.39, 0.29) is 23.2 Å². The van der Waals surface area contributed by atoms with Crippen molar-refractivity contribution < 1.29 is 13.9 Å². The van der Waals surface area contributed by atoms with E-state index in [1.54, 1.807) is 12.1 Å². The lowest BCUT2D eigenvalue weighted by atomic mass is 9.74. The number of carbonyl (C=O) groups excluding carboxylic acids is 1. The monoisotopic (exact) mass is 422 g/mol. The summed E-state index contributed by atoms with van der Waals surface area (Å²) >= 11 is 0. The van der Waals surface area contributed by atoms with Crippen LogP contribution in [-0.2, 0) is 21.4 Å². The Hall–Kier alpha value is -2.27. The molecule has 31 heavy (non-hydrogen) atoms. The van der Waals surface area contributed by atoms with E-state index in [0.29, 0.717) is 0 Å². The fourth-order valence-electron chi connectivity index (χ4n) is 6.00. The summed E-state index contributed by atoms with van der Waals surface area (Å²) in [5.41, 5.74) is 1.57. The van der Waals surface area contributed by atoms with Gasteiger partial charge in [-0.3, -0.25) is 9.78 Å². The molecule has 1 atom stereocenters. The van der Waals surface area contributed by atoms with Crippen molar-refractivity contribution in [3.63, 3.8) is 0 Å². The maximum absolute atomic E-state index is 13.9. The Morgan fingerprint density at radius 3 is 2.61 bits per heavy atom. The van der Waals surface area contributed by atoms with E-state index >= 15 is 0 Å². The van der Waals surface area contributed by atoms with Crippen molar-refractivity contribution in [3.05, 3.63) is 65.7 Å². The van der Waals surface area contributed by atoms with Gasteiger partial charge in [0.05, 0.1) is 18.1 Å². The number of likely N-dealkylation sites (tertiary alicyclic amines) is 1. The lowest BCUT2D eigenvalue weighted by Gasteiger charge is -2.42. The third-order valence-electron chi connectivity index (χ3n) is 7.80. The number of halogens is 1. The number of hydrogen-bond donors (Lipinski definition) is 0. The van der Waals surface area contributed by atoms with Gasteiger partial charge in [-0.05, 0) is 67.3 Å². The topological polar surface area (TPSA) is 42.4 Å². The smallest absolute Gasteiger partial charge is 0.233 e. The highest BCUT2D eigenvalue weighted by atomic mass is 19.1. The van der Waals surface area contributed by atoms with E-state index in [0.717, 1.165) is 82.3 Å². The highest BCUT2D eigenvalue weighted by Crippen LogP contribution is 2.46. The number of ether oxygens (including phenoxy) is 1. The summed E-state index contributed by atoms with van der Waals surface area (Å²) in [6, 6.07) is 12.7. The van der Waals surface area contributed by atoms with Crippen LogP contribution in [0.25, 0.3) is 0 Å². The van der Waals surface area contributed by atoms with Crippen molar-refractivity contribution in [1.29, 1.82) is 0 Å². The van der Waals surface area contributed by atoms with Gasteiger partial charge in [-0.25, -0.2) is 4.39 Å². The second-order valence-electron chi connectivity index (χ2n) is 9.75. The fraction of sp³-hybridized carbons (Fsp3) is 0.538. The van der Waals surface area contributed by atoms with Gasteiger partial charge in [-0.1, -0.05) is 31.0 Å². The summed E-state index contributed by atoms with van der Waals surface area (Å²) in [5.74, 6) is -0.0503. The first-order valence-corrected chi connectivity index (χ1v) is 11.7. The molecule has 3 aliphatic rings. The van der Waals surface area contributed by atoms with Crippen LogP contribution >= 0.6 is 0 Å². The molecule has 0 radical (unpaired) electrons. The summed E-state index contributed by atoms with van der Waals surface area (Å²) in [7, 11) is 0. The minimum absolute atomic E-state index is 0.178. The van der Waals surface area contributed by atoms with Gasteiger partial charge in [-0.2, -0.15) is 0 Å². The quantitative estimate of drug-likeness (QED) is 0.719. The first-order valence-electron chi connectivity index (χ1n) is 11.7. The Kier molecular flexibility index (Phi) is 5.55. The number of piperidine rings is 1. The lowest BCUT2D eigenvalue weighted by molar-refractivity contribution is -0.139. The third kappa shape index (κ3) is 4.00. The lowest BCUT2D eigenvalue weighted by Crippen LogP contribution is -2.50. The normalized spacial score (nSPS) is 24.5. The summed E-state index contributed by atoms with van der Waals surface area (Å²) in [4.78, 5) is 20.2. The highest BCUT2D eigenvalue weighted by Gasteiger charge is 2.48. The van der Waals surface area contributed by atoms with Crippen LogP contribution in [-0.4, -0.2) is 41.6 Å². The number of aromatic nitrogens is 1. The average Bonchev–Trinajstić information content (AvgIpc) is 3.43. The molecule has 2 aliphatic heterocycles. The maximum Gasteiger partial charge on any atom is 0.233 e. The van der Waals surface area contributed by atoms with Crippen LogP contribution in [0.2, 0.25) is 0 Å². The van der Waals surface area contributed by atoms with Crippen LogP contribution in [0.4, 0.5) is 4.39 Å². The summed E-state index contributed by atoms with van der Waals surface area (Å²) < 4.78 is 20.1. The van der Waals surface area contributed by atoms with Gasteiger partial charge >= 0.3 is 0 Å². The molecule has 0 bridgehead atoms. The van der Waals surface area contributed by atoms with Crippen molar-refractivity contribution >= 4 is 5.91 Å². The number of rotatable bonds is 4. The number of amides is 1. The molecule has 0 unspecified atom stereocenters. The molecule has 3 fully saturated rings. The summed E-state index contributed by atoms with van der Waals surface area (Å²) in [6.45, 7) is 2.33. The molecule has 5 heteroatoms. The van der Waals surface area contributed by atoms with Crippen molar-refractivity contribution in [2.45, 2.75) is 62.9 Å². The van der Waals surface area contributed by atoms with Gasteiger partial charge in [0.15, 0.2) is 0 Å². The van der Waals surface area contributed by atoms with Crippen LogP contribution in [0.1, 0.15) is 56.2 Å². The number of carbonyl (C=O) groups is 1. The Morgan fingerprint density at radius 2 is 1.90 bits per heavy atom. The van der Waals surface area contributed by atoms with Gasteiger partial charge in [0.2, 0.25) is 5.91 Å². The van der Waals surface area contributed by atoms with Gasteiger partial charge in [0.25, 0.3) is 0 Å². The second-order valence-corrected chi connectivity index (χ2v) is 9.75. The Labute approximate surface area is 183 Å². The molecule has 1 amide bonds. The van der Waals surface area contributed by atoms with Gasteiger partial charge < -0.3 is 9.64 Å². The molecular formula is C26H31FN2O2. The molecule has 1 aliphatic carbocycles. The molecule has 2 aromatic rings. The zero-order valence-electron chi connectivity index (χ0n) is 18.1. The maximum atomic E-state index is 13.9. The number of benzene rings is 1. The third-order valence-corrected chi connectivity index (χ3v) is 7.80. The molecule has 1 aromatic heterocycles. The summed E-state index contributed by atoms with van der Waals surface area (Å²) in [5, 5.41) is 0. The second kappa shape index (κ2) is 8.34. The zero-order chi connectivity index (χ0) is 21.3. The van der Waals surface area contributed by atoms with Crippen LogP contribution in [0.3, 0.4) is 0 Å². The van der Waals surface area contributed by atoms with Crippen molar-refractivity contribution in [2.75, 3.05) is 19.7 Å². The Balaban J connectivity index is 1.24. The van der Waals surface area contributed by atoms with E-state index in [1.165, 1.54) is 6.07 Å². The van der Waals surface area contributed by atoms with Crippen molar-refractivity contribution in [1.82, 2.24) is 9.88 Å². The minimum Gasteiger partial charge on any atom is -0.377 e. The first kappa shape index (κ1) is 20.6. The molecule has 1 saturated carbocycles. The van der Waals surface area contributed by atoms with Crippen LogP contribution < -0.4 is 0 Å². The number of pyridine rings is 1. The Bertz CT molecular complexity index is 918. The van der Waals surface area contributed by atoms with E-state index < -0.39 is 5.41 Å². The number of nitrogens with zero attached hydrogens (tertiary/aromatic N) is 2. The van der Waals surface area contributed by atoms with Gasteiger partial charge in [-0.15, -0.1) is 0 Å². The predicted octanol–water partition coefficient (Wildman–Crippen LogP) is 4.67. The molecule has 1 aromatic carbocycles. The molecule has 2 saturated heterocycles. The van der Waals surface area contributed by atoms with Crippen molar-refractivity contribution in [3.8, 4) is 0 Å². The molecular weight excluding hydrogens is 391 g/mol. The van der Waals surface area contributed by atoms with E-state index in [9.17, 15) is 9.18 Å². The van der Waals surface area contributed by atoms with E-state index in [1.807, 2.05) is 29.3 Å². The Morgan fingerprint density at radius 1 is 1.10 bits per heavy atom. The van der Waals surface area contributed by atoms with E-state index in [4.69, 9.17) is 4.74 Å². The minimum atomic E-state index is -0.541. The van der Waals surface area contributed by atoms with E-state index in [2.05, 4.69) is 11.1 Å². The van der Waals surface area contributed by atoms with Crippen LogP contribution in [0.15, 0.2) is 48.7 Å². The van der Waals surface area contributed by atoms with Gasteiger partial charge in [0.1, 0.15) is 5.82 Å². The predicted molar refractivity (Wildman–Crippen MR) is 117 cm³/mol. The highest BCUT2D eigenvalue weighted by molar-refractivity contribution is 5.88. The summed E-state index contributed by atoms with van der Waals surface area (Å²) in [6.07, 6.45) is 9.62. The average molecular weight is 423 g/mol. The molecule has 164 valence electrons. The fourth-order valence-corrected chi connectivity index (χ4v) is 6.00. The van der Waals surface area contributed by atoms with Crippen molar-refractivity contribution in [2.24, 2.45) is 5.41 Å². The molecule has 4 nitrogen and oxygen atoms in total. The molecule has 3 heterocycles. The molecule has 1 spiro atoms. The number of hydrogen-bond acceptors (Lipinski definition) is 3.